The van der Waals surface area contributed by atoms with Crippen LogP contribution in [-0.2, 0) is 20.7 Å². The van der Waals surface area contributed by atoms with E-state index in [1.54, 1.807) is 20.8 Å². The minimum Gasteiger partial charge on any atom is -0.444 e. The highest BCUT2D eigenvalue weighted by atomic mass is 16.6. The summed E-state index contributed by atoms with van der Waals surface area (Å²) in [6.45, 7) is 6.65. The highest BCUT2D eigenvalue weighted by Gasteiger charge is 2.36. The van der Waals surface area contributed by atoms with E-state index >= 15 is 0 Å². The molecule has 1 aliphatic carbocycles. The molecule has 3 amide bonds. The summed E-state index contributed by atoms with van der Waals surface area (Å²) in [6, 6.07) is 5.66. The van der Waals surface area contributed by atoms with Crippen molar-refractivity contribution in [2.45, 2.75) is 51.7 Å². The van der Waals surface area contributed by atoms with Gasteiger partial charge in [-0.25, -0.2) is 9.59 Å². The number of ether oxygens (including phenoxy) is 2. The first kappa shape index (κ1) is 19.5. The average molecular weight is 401 g/mol. The van der Waals surface area contributed by atoms with Crippen LogP contribution in [0.4, 0.5) is 21.0 Å². The van der Waals surface area contributed by atoms with Gasteiger partial charge in [-0.15, -0.1) is 0 Å². The van der Waals surface area contributed by atoms with E-state index in [0.717, 1.165) is 17.8 Å². The zero-order valence-corrected chi connectivity index (χ0v) is 17.1. The van der Waals surface area contributed by atoms with Gasteiger partial charge in [0, 0.05) is 17.9 Å². The number of rotatable bonds is 5. The first-order valence-electron chi connectivity index (χ1n) is 10.1. The van der Waals surface area contributed by atoms with Crippen molar-refractivity contribution >= 4 is 29.5 Å². The van der Waals surface area contributed by atoms with Crippen molar-refractivity contribution in [3.05, 3.63) is 23.8 Å². The quantitative estimate of drug-likeness (QED) is 0.820. The SMILES string of the molecule is CC(C)(C)OC(=O)NC[C@H]1CN(c2ccc3c(c2)CC(=O)N3CC2CC2)C(=O)O1. The van der Waals surface area contributed by atoms with Crippen molar-refractivity contribution in [3.8, 4) is 0 Å². The maximum Gasteiger partial charge on any atom is 0.414 e. The van der Waals surface area contributed by atoms with Gasteiger partial charge in [-0.2, -0.15) is 0 Å². The Morgan fingerprint density at radius 3 is 2.72 bits per heavy atom. The third kappa shape index (κ3) is 4.46. The van der Waals surface area contributed by atoms with E-state index in [1.165, 1.54) is 17.7 Å². The number of hydrogen-bond donors (Lipinski definition) is 1. The number of amides is 3. The molecule has 0 bridgehead atoms. The van der Waals surface area contributed by atoms with Gasteiger partial charge in [-0.1, -0.05) is 0 Å². The fraction of sp³-hybridized carbons (Fsp3) is 0.571. The van der Waals surface area contributed by atoms with Crippen LogP contribution < -0.4 is 15.1 Å². The van der Waals surface area contributed by atoms with Gasteiger partial charge in [0.05, 0.1) is 19.5 Å². The van der Waals surface area contributed by atoms with Crippen LogP contribution in [0, 0.1) is 5.92 Å². The lowest BCUT2D eigenvalue weighted by Crippen LogP contribution is -2.38. The number of alkyl carbamates (subject to hydrolysis) is 1. The summed E-state index contributed by atoms with van der Waals surface area (Å²) in [5, 5.41) is 2.63. The molecule has 2 heterocycles. The Morgan fingerprint density at radius 2 is 2.03 bits per heavy atom. The molecule has 1 aromatic carbocycles. The van der Waals surface area contributed by atoms with Crippen LogP contribution in [0.15, 0.2) is 18.2 Å². The lowest BCUT2D eigenvalue weighted by atomic mass is 10.1. The lowest BCUT2D eigenvalue weighted by molar-refractivity contribution is -0.117. The molecule has 2 fully saturated rings. The summed E-state index contributed by atoms with van der Waals surface area (Å²) in [4.78, 5) is 39.9. The number of benzene rings is 1. The number of carbonyl (C=O) groups is 3. The fourth-order valence-corrected chi connectivity index (χ4v) is 3.65. The minimum atomic E-state index is -0.586. The molecule has 1 saturated carbocycles. The molecule has 0 unspecified atom stereocenters. The molecule has 4 rings (SSSR count). The summed E-state index contributed by atoms with van der Waals surface area (Å²) in [5.41, 5.74) is 2.00. The topological polar surface area (TPSA) is 88.2 Å². The maximum atomic E-state index is 12.4. The van der Waals surface area contributed by atoms with E-state index in [0.29, 0.717) is 24.6 Å². The summed E-state index contributed by atoms with van der Waals surface area (Å²) in [7, 11) is 0. The first-order valence-corrected chi connectivity index (χ1v) is 10.1. The van der Waals surface area contributed by atoms with Gasteiger partial charge in [0.2, 0.25) is 5.91 Å². The molecule has 0 aromatic heterocycles. The van der Waals surface area contributed by atoms with Crippen LogP contribution in [-0.4, -0.2) is 49.4 Å². The Kier molecular flexibility index (Phi) is 4.88. The second-order valence-corrected chi connectivity index (χ2v) is 8.94. The third-order valence-electron chi connectivity index (χ3n) is 5.19. The molecular weight excluding hydrogens is 374 g/mol. The van der Waals surface area contributed by atoms with Gasteiger partial charge >= 0.3 is 12.2 Å². The van der Waals surface area contributed by atoms with E-state index in [1.807, 2.05) is 23.1 Å². The monoisotopic (exact) mass is 401 g/mol. The van der Waals surface area contributed by atoms with Crippen LogP contribution in [0.5, 0.6) is 0 Å². The Morgan fingerprint density at radius 1 is 1.28 bits per heavy atom. The lowest BCUT2D eigenvalue weighted by Gasteiger charge is -2.20. The molecule has 29 heavy (non-hydrogen) atoms. The summed E-state index contributed by atoms with van der Waals surface area (Å²) in [6.07, 6.45) is 1.28. The number of fused-ring (bicyclic) bond motifs is 1. The van der Waals surface area contributed by atoms with Gasteiger partial charge in [0.1, 0.15) is 11.7 Å². The zero-order chi connectivity index (χ0) is 20.8. The summed E-state index contributed by atoms with van der Waals surface area (Å²) < 4.78 is 10.6. The van der Waals surface area contributed by atoms with Crippen molar-refractivity contribution in [2.24, 2.45) is 5.92 Å². The van der Waals surface area contributed by atoms with Crippen LogP contribution in [0.3, 0.4) is 0 Å². The number of hydrogen-bond acceptors (Lipinski definition) is 5. The highest BCUT2D eigenvalue weighted by Crippen LogP contribution is 2.37. The second-order valence-electron chi connectivity index (χ2n) is 8.94. The van der Waals surface area contributed by atoms with Crippen molar-refractivity contribution in [2.75, 3.05) is 29.4 Å². The molecule has 8 nitrogen and oxygen atoms in total. The Balaban J connectivity index is 1.38. The minimum absolute atomic E-state index is 0.118. The molecule has 0 radical (unpaired) electrons. The van der Waals surface area contributed by atoms with Crippen molar-refractivity contribution in [1.29, 1.82) is 0 Å². The fourth-order valence-electron chi connectivity index (χ4n) is 3.65. The number of nitrogens with one attached hydrogen (secondary N) is 1. The van der Waals surface area contributed by atoms with Gasteiger partial charge in [-0.05, 0) is 63.3 Å². The molecule has 8 heteroatoms. The third-order valence-corrected chi connectivity index (χ3v) is 5.19. The Bertz CT molecular complexity index is 843. The molecule has 1 saturated heterocycles. The maximum absolute atomic E-state index is 12.4. The van der Waals surface area contributed by atoms with E-state index < -0.39 is 23.9 Å². The predicted molar refractivity (Wildman–Crippen MR) is 107 cm³/mol. The molecule has 0 spiro atoms. The molecule has 1 aromatic rings. The highest BCUT2D eigenvalue weighted by molar-refractivity contribution is 6.02. The van der Waals surface area contributed by atoms with Gasteiger partial charge in [0.15, 0.2) is 0 Å². The van der Waals surface area contributed by atoms with E-state index in [9.17, 15) is 14.4 Å². The van der Waals surface area contributed by atoms with E-state index in [4.69, 9.17) is 9.47 Å². The summed E-state index contributed by atoms with van der Waals surface area (Å²) in [5.74, 6) is 0.740. The molecule has 2 aliphatic heterocycles. The van der Waals surface area contributed by atoms with Crippen LogP contribution >= 0.6 is 0 Å². The van der Waals surface area contributed by atoms with Crippen molar-refractivity contribution in [1.82, 2.24) is 5.32 Å². The van der Waals surface area contributed by atoms with Crippen LogP contribution in [0.2, 0.25) is 0 Å². The zero-order valence-electron chi connectivity index (χ0n) is 17.1. The molecule has 1 N–H and O–H groups in total. The molecular formula is C21H27N3O5. The second kappa shape index (κ2) is 7.24. The van der Waals surface area contributed by atoms with Crippen molar-refractivity contribution < 1.29 is 23.9 Å². The van der Waals surface area contributed by atoms with E-state index in [2.05, 4.69) is 5.32 Å². The Labute approximate surface area is 170 Å². The average Bonchev–Trinajstić information content (AvgIpc) is 3.29. The molecule has 1 atom stereocenters. The normalized spacial score (nSPS) is 21.3. The van der Waals surface area contributed by atoms with Crippen LogP contribution in [0.25, 0.3) is 0 Å². The van der Waals surface area contributed by atoms with Gasteiger partial charge in [-0.3, -0.25) is 9.69 Å². The first-order chi connectivity index (χ1) is 13.7. The predicted octanol–water partition coefficient (Wildman–Crippen LogP) is 2.84. The molecule has 3 aliphatic rings. The van der Waals surface area contributed by atoms with Crippen LogP contribution in [0.1, 0.15) is 39.2 Å². The number of anilines is 2. The smallest absolute Gasteiger partial charge is 0.414 e. The molecule has 156 valence electrons. The summed E-state index contributed by atoms with van der Waals surface area (Å²) >= 11 is 0. The number of carbonyl (C=O) groups excluding carboxylic acids is 3. The standard InChI is InChI=1S/C21H27N3O5/c1-21(2,3)29-19(26)22-10-16-12-23(20(27)28-16)15-6-7-17-14(8-15)9-18(25)24(17)11-13-4-5-13/h6-8,13,16H,4-5,9-12H2,1-3H3,(H,22,26)/t16-/m0/s1. The largest absolute Gasteiger partial charge is 0.444 e. The van der Waals surface area contributed by atoms with E-state index in [-0.39, 0.29) is 12.5 Å². The van der Waals surface area contributed by atoms with Gasteiger partial charge in [0.25, 0.3) is 0 Å². The Hall–Kier alpha value is -2.77. The van der Waals surface area contributed by atoms with Gasteiger partial charge < -0.3 is 19.7 Å². The number of cyclic esters (lactones) is 1. The number of nitrogens with zero attached hydrogens (tertiary/aromatic N) is 2. The van der Waals surface area contributed by atoms with Crippen molar-refractivity contribution in [3.63, 3.8) is 0 Å².